The van der Waals surface area contributed by atoms with Crippen molar-refractivity contribution in [3.63, 3.8) is 0 Å². The summed E-state index contributed by atoms with van der Waals surface area (Å²) in [5, 5.41) is 9.60. The molecule has 1 N–H and O–H groups in total. The standard InChI is InChI=1S/C18H19N3O2S/c1-12(19-18(22)13-6-8-14(23-3)9-7-13)15-11-21(2)20-17(15)16-5-4-10-24-16/h4-12H,1-3H3,(H,19,22). The van der Waals surface area contributed by atoms with Crippen molar-refractivity contribution in [1.82, 2.24) is 15.1 Å². The smallest absolute Gasteiger partial charge is 0.251 e. The van der Waals surface area contributed by atoms with Crippen molar-refractivity contribution in [2.75, 3.05) is 7.11 Å². The fourth-order valence-corrected chi connectivity index (χ4v) is 3.26. The molecule has 3 rings (SSSR count). The number of aryl methyl sites for hydroxylation is 1. The van der Waals surface area contributed by atoms with Crippen molar-refractivity contribution in [2.45, 2.75) is 13.0 Å². The molecule has 5 nitrogen and oxygen atoms in total. The number of hydrogen-bond donors (Lipinski definition) is 1. The number of ether oxygens (including phenoxy) is 1. The van der Waals surface area contributed by atoms with Gasteiger partial charge in [0.2, 0.25) is 0 Å². The van der Waals surface area contributed by atoms with Gasteiger partial charge in [-0.25, -0.2) is 0 Å². The number of thiophene rings is 1. The average molecular weight is 341 g/mol. The van der Waals surface area contributed by atoms with Gasteiger partial charge < -0.3 is 10.1 Å². The lowest BCUT2D eigenvalue weighted by Crippen LogP contribution is -2.26. The molecule has 0 aliphatic heterocycles. The summed E-state index contributed by atoms with van der Waals surface area (Å²) in [6.07, 6.45) is 1.95. The third-order valence-electron chi connectivity index (χ3n) is 3.78. The van der Waals surface area contributed by atoms with Gasteiger partial charge in [0, 0.05) is 24.4 Å². The number of carbonyl (C=O) groups is 1. The maximum Gasteiger partial charge on any atom is 0.251 e. The third-order valence-corrected chi connectivity index (χ3v) is 4.65. The number of nitrogens with one attached hydrogen (secondary N) is 1. The normalized spacial score (nSPS) is 12.0. The van der Waals surface area contributed by atoms with Crippen molar-refractivity contribution in [3.05, 3.63) is 59.1 Å². The fraction of sp³-hybridized carbons (Fsp3) is 0.222. The zero-order chi connectivity index (χ0) is 17.1. The van der Waals surface area contributed by atoms with E-state index in [0.717, 1.165) is 21.9 Å². The third kappa shape index (κ3) is 3.33. The molecule has 0 saturated heterocycles. The lowest BCUT2D eigenvalue weighted by atomic mass is 10.1. The molecule has 0 aliphatic carbocycles. The number of methoxy groups -OCH3 is 1. The molecule has 124 valence electrons. The molecule has 0 saturated carbocycles. The molecule has 1 aromatic carbocycles. The Morgan fingerprint density at radius 3 is 2.67 bits per heavy atom. The Morgan fingerprint density at radius 1 is 1.29 bits per heavy atom. The minimum absolute atomic E-state index is 0.119. The van der Waals surface area contributed by atoms with E-state index in [0.29, 0.717) is 5.56 Å². The molecular formula is C18H19N3O2S. The first kappa shape index (κ1) is 16.3. The van der Waals surface area contributed by atoms with E-state index >= 15 is 0 Å². The van der Waals surface area contributed by atoms with Crippen LogP contribution in [0.3, 0.4) is 0 Å². The highest BCUT2D eigenvalue weighted by Gasteiger charge is 2.19. The predicted octanol–water partition coefficient (Wildman–Crippen LogP) is 3.65. The van der Waals surface area contributed by atoms with Crippen LogP contribution in [0.1, 0.15) is 28.9 Å². The molecule has 0 spiro atoms. The van der Waals surface area contributed by atoms with Crippen molar-refractivity contribution in [3.8, 4) is 16.3 Å². The molecule has 6 heteroatoms. The molecule has 1 unspecified atom stereocenters. The Bertz CT molecular complexity index is 823. The lowest BCUT2D eigenvalue weighted by Gasteiger charge is -2.14. The second kappa shape index (κ2) is 6.88. The molecule has 3 aromatic rings. The van der Waals surface area contributed by atoms with Gasteiger partial charge in [0.1, 0.15) is 11.4 Å². The fourth-order valence-electron chi connectivity index (χ4n) is 2.53. The van der Waals surface area contributed by atoms with E-state index in [2.05, 4.69) is 10.4 Å². The number of hydrogen-bond acceptors (Lipinski definition) is 4. The number of aromatic nitrogens is 2. The van der Waals surface area contributed by atoms with Gasteiger partial charge in [-0.05, 0) is 42.6 Å². The van der Waals surface area contributed by atoms with Crippen LogP contribution in [0.15, 0.2) is 48.0 Å². The highest BCUT2D eigenvalue weighted by molar-refractivity contribution is 7.13. The molecule has 1 atom stereocenters. The van der Waals surface area contributed by atoms with Crippen LogP contribution in [-0.4, -0.2) is 22.8 Å². The first-order valence-electron chi connectivity index (χ1n) is 7.61. The Labute approximate surface area is 144 Å². The SMILES string of the molecule is COc1ccc(C(=O)NC(C)c2cn(C)nc2-c2cccs2)cc1. The van der Waals surface area contributed by atoms with Gasteiger partial charge in [0.25, 0.3) is 5.91 Å². The first-order valence-corrected chi connectivity index (χ1v) is 8.49. The van der Waals surface area contributed by atoms with Crippen LogP contribution >= 0.6 is 11.3 Å². The van der Waals surface area contributed by atoms with Crippen LogP contribution in [-0.2, 0) is 7.05 Å². The zero-order valence-corrected chi connectivity index (χ0v) is 14.6. The highest BCUT2D eigenvalue weighted by Crippen LogP contribution is 2.30. The molecule has 0 radical (unpaired) electrons. The number of carbonyl (C=O) groups excluding carboxylic acids is 1. The summed E-state index contributed by atoms with van der Waals surface area (Å²) >= 11 is 1.64. The number of rotatable bonds is 5. The maximum atomic E-state index is 12.5. The number of nitrogens with zero attached hydrogens (tertiary/aromatic N) is 2. The molecule has 24 heavy (non-hydrogen) atoms. The Hall–Kier alpha value is -2.60. The van der Waals surface area contributed by atoms with E-state index in [-0.39, 0.29) is 11.9 Å². The lowest BCUT2D eigenvalue weighted by molar-refractivity contribution is 0.0940. The largest absolute Gasteiger partial charge is 0.497 e. The van der Waals surface area contributed by atoms with Crippen LogP contribution in [0.4, 0.5) is 0 Å². The van der Waals surface area contributed by atoms with Crippen LogP contribution in [0.25, 0.3) is 10.6 Å². The molecule has 2 heterocycles. The van der Waals surface area contributed by atoms with Gasteiger partial charge in [-0.3, -0.25) is 9.48 Å². The summed E-state index contributed by atoms with van der Waals surface area (Å²) in [7, 11) is 3.49. The Morgan fingerprint density at radius 2 is 2.04 bits per heavy atom. The zero-order valence-electron chi connectivity index (χ0n) is 13.8. The summed E-state index contributed by atoms with van der Waals surface area (Å²) in [6.45, 7) is 1.97. The predicted molar refractivity (Wildman–Crippen MR) is 95.4 cm³/mol. The van der Waals surface area contributed by atoms with E-state index in [1.165, 1.54) is 0 Å². The molecule has 1 amide bonds. The van der Waals surface area contributed by atoms with Crippen LogP contribution in [0.2, 0.25) is 0 Å². The second-order valence-corrected chi connectivity index (χ2v) is 6.46. The highest BCUT2D eigenvalue weighted by atomic mass is 32.1. The van der Waals surface area contributed by atoms with E-state index < -0.39 is 0 Å². The summed E-state index contributed by atoms with van der Waals surface area (Å²) in [4.78, 5) is 13.5. The first-order chi connectivity index (χ1) is 11.6. The van der Waals surface area contributed by atoms with Crippen molar-refractivity contribution >= 4 is 17.2 Å². The summed E-state index contributed by atoms with van der Waals surface area (Å²) in [5.41, 5.74) is 2.51. The van der Waals surface area contributed by atoms with Crippen LogP contribution in [0, 0.1) is 0 Å². The minimum Gasteiger partial charge on any atom is -0.497 e. The van der Waals surface area contributed by atoms with E-state index in [1.54, 1.807) is 47.4 Å². The topological polar surface area (TPSA) is 56.1 Å². The van der Waals surface area contributed by atoms with Gasteiger partial charge in [0.15, 0.2) is 0 Å². The monoisotopic (exact) mass is 341 g/mol. The van der Waals surface area contributed by atoms with E-state index in [4.69, 9.17) is 4.74 Å². The van der Waals surface area contributed by atoms with Crippen LogP contribution < -0.4 is 10.1 Å². The van der Waals surface area contributed by atoms with Gasteiger partial charge in [-0.1, -0.05) is 6.07 Å². The van der Waals surface area contributed by atoms with E-state index in [1.807, 2.05) is 37.7 Å². The molecule has 0 fully saturated rings. The van der Waals surface area contributed by atoms with Gasteiger partial charge >= 0.3 is 0 Å². The summed E-state index contributed by atoms with van der Waals surface area (Å²) in [6, 6.07) is 11.0. The molecule has 0 aliphatic rings. The Kier molecular flexibility index (Phi) is 4.66. The Balaban J connectivity index is 1.79. The quantitative estimate of drug-likeness (QED) is 0.771. The van der Waals surface area contributed by atoms with Crippen LogP contribution in [0.5, 0.6) is 5.75 Å². The molecule has 0 bridgehead atoms. The summed E-state index contributed by atoms with van der Waals surface area (Å²) in [5.74, 6) is 0.609. The maximum absolute atomic E-state index is 12.5. The number of benzene rings is 1. The van der Waals surface area contributed by atoms with Gasteiger partial charge in [0.05, 0.1) is 18.0 Å². The van der Waals surface area contributed by atoms with Gasteiger partial charge in [-0.15, -0.1) is 11.3 Å². The average Bonchev–Trinajstić information content (AvgIpc) is 3.24. The molecule has 2 aromatic heterocycles. The molecular weight excluding hydrogens is 322 g/mol. The van der Waals surface area contributed by atoms with Crippen molar-refractivity contribution < 1.29 is 9.53 Å². The van der Waals surface area contributed by atoms with Gasteiger partial charge in [-0.2, -0.15) is 5.10 Å². The van der Waals surface area contributed by atoms with Crippen molar-refractivity contribution in [1.29, 1.82) is 0 Å². The summed E-state index contributed by atoms with van der Waals surface area (Å²) < 4.78 is 6.90. The van der Waals surface area contributed by atoms with E-state index in [9.17, 15) is 4.79 Å². The second-order valence-electron chi connectivity index (χ2n) is 5.51. The van der Waals surface area contributed by atoms with Crippen molar-refractivity contribution in [2.24, 2.45) is 7.05 Å². The number of amides is 1. The minimum atomic E-state index is -0.148.